The second-order valence-electron chi connectivity index (χ2n) is 5.01. The molecule has 0 aromatic heterocycles. The Morgan fingerprint density at radius 3 is 2.32 bits per heavy atom. The quantitative estimate of drug-likeness (QED) is 0.681. The molecule has 2 saturated heterocycles. The number of esters is 1. The van der Waals surface area contributed by atoms with E-state index in [9.17, 15) is 13.2 Å². The molecule has 0 bridgehead atoms. The van der Waals surface area contributed by atoms with Crippen molar-refractivity contribution in [3.8, 4) is 0 Å². The van der Waals surface area contributed by atoms with E-state index < -0.39 is 10.2 Å². The van der Waals surface area contributed by atoms with Gasteiger partial charge in [-0.25, -0.2) is 0 Å². The number of nitrogens with two attached hydrogens (primary N) is 1. The van der Waals surface area contributed by atoms with E-state index in [4.69, 9.17) is 10.5 Å². The van der Waals surface area contributed by atoms with Gasteiger partial charge in [-0.3, -0.25) is 4.79 Å². The molecule has 0 unspecified atom stereocenters. The van der Waals surface area contributed by atoms with Gasteiger partial charge in [0, 0.05) is 32.2 Å². The summed E-state index contributed by atoms with van der Waals surface area (Å²) in [6, 6.07) is -0.0492. The van der Waals surface area contributed by atoms with Crippen LogP contribution < -0.4 is 5.73 Å². The van der Waals surface area contributed by atoms with Crippen molar-refractivity contribution in [1.82, 2.24) is 8.61 Å². The molecule has 0 aromatic rings. The van der Waals surface area contributed by atoms with Crippen molar-refractivity contribution in [3.05, 3.63) is 0 Å². The van der Waals surface area contributed by atoms with E-state index in [2.05, 4.69) is 0 Å². The number of carbonyl (C=O) groups excluding carboxylic acids is 1. The summed E-state index contributed by atoms with van der Waals surface area (Å²) in [6.45, 7) is 3.66. The molecular weight excluding hydrogens is 270 g/mol. The van der Waals surface area contributed by atoms with E-state index in [0.717, 1.165) is 0 Å². The molecule has 0 aromatic carbocycles. The third-order valence-electron chi connectivity index (χ3n) is 3.60. The number of hydrogen-bond donors (Lipinski definition) is 1. The Morgan fingerprint density at radius 1 is 1.26 bits per heavy atom. The molecule has 7 nitrogen and oxygen atoms in total. The number of ether oxygens (including phenoxy) is 1. The number of rotatable bonds is 4. The molecular formula is C11H21N3O4S. The van der Waals surface area contributed by atoms with Gasteiger partial charge in [0.15, 0.2) is 0 Å². The summed E-state index contributed by atoms with van der Waals surface area (Å²) in [6.07, 6.45) is 1.05. The molecule has 2 aliphatic rings. The molecule has 19 heavy (non-hydrogen) atoms. The largest absolute Gasteiger partial charge is 0.466 e. The molecule has 0 aliphatic carbocycles. The molecule has 2 rings (SSSR count). The normalized spacial score (nSPS) is 24.1. The molecule has 110 valence electrons. The molecule has 2 fully saturated rings. The lowest BCUT2D eigenvalue weighted by atomic mass is 9.98. The van der Waals surface area contributed by atoms with Gasteiger partial charge in [0.25, 0.3) is 10.2 Å². The molecule has 0 saturated carbocycles. The molecule has 2 N–H and O–H groups in total. The summed E-state index contributed by atoms with van der Waals surface area (Å²) >= 11 is 0. The van der Waals surface area contributed by atoms with Crippen molar-refractivity contribution in [2.75, 3.05) is 32.8 Å². The fourth-order valence-corrected chi connectivity index (χ4v) is 4.16. The number of carbonyl (C=O) groups is 1. The summed E-state index contributed by atoms with van der Waals surface area (Å²) in [5, 5.41) is 0. The van der Waals surface area contributed by atoms with Gasteiger partial charge in [-0.05, 0) is 19.8 Å². The van der Waals surface area contributed by atoms with E-state index in [1.807, 2.05) is 0 Å². The highest BCUT2D eigenvalue weighted by Crippen LogP contribution is 2.24. The minimum Gasteiger partial charge on any atom is -0.466 e. The summed E-state index contributed by atoms with van der Waals surface area (Å²) in [7, 11) is -3.39. The zero-order chi connectivity index (χ0) is 14.0. The van der Waals surface area contributed by atoms with Crippen LogP contribution in [0.2, 0.25) is 0 Å². The molecule has 0 radical (unpaired) electrons. The molecule has 0 spiro atoms. The van der Waals surface area contributed by atoms with Crippen LogP contribution in [-0.4, -0.2) is 61.8 Å². The molecule has 8 heteroatoms. The van der Waals surface area contributed by atoms with Gasteiger partial charge in [0.1, 0.15) is 0 Å². The number of nitrogens with zero attached hydrogens (tertiary/aromatic N) is 2. The van der Waals surface area contributed by atoms with Crippen LogP contribution in [0.3, 0.4) is 0 Å². The summed E-state index contributed by atoms with van der Waals surface area (Å²) in [4.78, 5) is 11.6. The van der Waals surface area contributed by atoms with Crippen LogP contribution in [0.1, 0.15) is 19.8 Å². The monoisotopic (exact) mass is 291 g/mol. The van der Waals surface area contributed by atoms with Crippen LogP contribution in [0.25, 0.3) is 0 Å². The van der Waals surface area contributed by atoms with Crippen LogP contribution in [0.4, 0.5) is 0 Å². The second-order valence-corrected chi connectivity index (χ2v) is 6.94. The van der Waals surface area contributed by atoms with Gasteiger partial charge in [0.2, 0.25) is 0 Å². The Morgan fingerprint density at radius 2 is 1.84 bits per heavy atom. The lowest BCUT2D eigenvalue weighted by molar-refractivity contribution is -0.149. The van der Waals surface area contributed by atoms with Gasteiger partial charge in [-0.15, -0.1) is 0 Å². The topological polar surface area (TPSA) is 92.9 Å². The first-order valence-corrected chi connectivity index (χ1v) is 8.02. The van der Waals surface area contributed by atoms with E-state index in [-0.39, 0.29) is 17.9 Å². The van der Waals surface area contributed by atoms with Crippen LogP contribution in [-0.2, 0) is 19.7 Å². The lowest BCUT2D eigenvalue weighted by Crippen LogP contribution is -2.61. The van der Waals surface area contributed by atoms with E-state index in [1.165, 1.54) is 8.61 Å². The first kappa shape index (κ1) is 14.7. The van der Waals surface area contributed by atoms with Crippen LogP contribution in [0.15, 0.2) is 0 Å². The van der Waals surface area contributed by atoms with Crippen molar-refractivity contribution in [1.29, 1.82) is 0 Å². The Labute approximate surface area is 113 Å². The summed E-state index contributed by atoms with van der Waals surface area (Å²) in [5.74, 6) is -0.393. The van der Waals surface area contributed by atoms with Crippen LogP contribution in [0, 0.1) is 5.92 Å². The minimum atomic E-state index is -3.39. The zero-order valence-electron chi connectivity index (χ0n) is 11.1. The van der Waals surface area contributed by atoms with Crippen molar-refractivity contribution in [3.63, 3.8) is 0 Å². The predicted molar refractivity (Wildman–Crippen MR) is 69.4 cm³/mol. The predicted octanol–water partition coefficient (Wildman–Crippen LogP) is -0.851. The highest BCUT2D eigenvalue weighted by molar-refractivity contribution is 7.86. The fourth-order valence-electron chi connectivity index (χ4n) is 2.40. The maximum atomic E-state index is 12.2. The van der Waals surface area contributed by atoms with Crippen molar-refractivity contribution >= 4 is 16.2 Å². The first-order chi connectivity index (χ1) is 8.95. The van der Waals surface area contributed by atoms with E-state index >= 15 is 0 Å². The maximum Gasteiger partial charge on any atom is 0.309 e. The molecule has 0 atom stereocenters. The number of piperidine rings is 1. The average Bonchev–Trinajstić information content (AvgIpc) is 2.35. The molecule has 2 heterocycles. The fraction of sp³-hybridized carbons (Fsp3) is 0.909. The highest BCUT2D eigenvalue weighted by atomic mass is 32.2. The van der Waals surface area contributed by atoms with Crippen LogP contribution >= 0.6 is 0 Å². The van der Waals surface area contributed by atoms with Gasteiger partial charge in [0.05, 0.1) is 12.5 Å². The Hall–Kier alpha value is -0.700. The second kappa shape index (κ2) is 5.74. The van der Waals surface area contributed by atoms with Gasteiger partial charge < -0.3 is 10.5 Å². The van der Waals surface area contributed by atoms with Crippen molar-refractivity contribution in [2.24, 2.45) is 11.7 Å². The molecule has 0 amide bonds. The van der Waals surface area contributed by atoms with E-state index in [0.29, 0.717) is 45.6 Å². The first-order valence-electron chi connectivity index (χ1n) is 6.62. The molecule has 2 aliphatic heterocycles. The van der Waals surface area contributed by atoms with Gasteiger partial charge in [-0.2, -0.15) is 17.0 Å². The maximum absolute atomic E-state index is 12.2. The van der Waals surface area contributed by atoms with Gasteiger partial charge in [-0.1, -0.05) is 0 Å². The van der Waals surface area contributed by atoms with E-state index in [1.54, 1.807) is 6.92 Å². The third-order valence-corrected chi connectivity index (χ3v) is 5.57. The van der Waals surface area contributed by atoms with Crippen molar-refractivity contribution < 1.29 is 17.9 Å². The van der Waals surface area contributed by atoms with Gasteiger partial charge >= 0.3 is 5.97 Å². The summed E-state index contributed by atoms with van der Waals surface area (Å²) < 4.78 is 32.2. The zero-order valence-corrected chi connectivity index (χ0v) is 11.9. The number of hydrogen-bond acceptors (Lipinski definition) is 5. The average molecular weight is 291 g/mol. The lowest BCUT2D eigenvalue weighted by Gasteiger charge is -2.40. The SMILES string of the molecule is CCOC(=O)C1CCN(S(=O)(=O)N2CC(N)C2)CC1. The Bertz CT molecular complexity index is 425. The summed E-state index contributed by atoms with van der Waals surface area (Å²) in [5.41, 5.74) is 5.60. The Balaban J connectivity index is 1.87. The smallest absolute Gasteiger partial charge is 0.309 e. The van der Waals surface area contributed by atoms with Crippen molar-refractivity contribution in [2.45, 2.75) is 25.8 Å². The minimum absolute atomic E-state index is 0.0492. The third kappa shape index (κ3) is 3.07. The standard InChI is InChI=1S/C11H21N3O4S/c1-2-18-11(15)9-3-5-13(6-4-9)19(16,17)14-7-10(12)8-14/h9-10H,2-8,12H2,1H3. The Kier molecular flexibility index (Phi) is 4.44. The highest BCUT2D eigenvalue weighted by Gasteiger charge is 2.39. The van der Waals surface area contributed by atoms with Crippen LogP contribution in [0.5, 0.6) is 0 Å².